The monoisotopic (exact) mass is 861 g/mol. The number of allylic oxidation sites excluding steroid dienone is 2. The van der Waals surface area contributed by atoms with Crippen LogP contribution in [-0.4, -0.2) is 6.71 Å². The van der Waals surface area contributed by atoms with Crippen molar-refractivity contribution in [3.05, 3.63) is 192 Å². The number of fused-ring (bicyclic) bond motifs is 12. The largest absolute Gasteiger partial charge is 0.456 e. The van der Waals surface area contributed by atoms with E-state index in [1.807, 2.05) is 11.3 Å². The van der Waals surface area contributed by atoms with Gasteiger partial charge in [0.25, 0.3) is 0 Å². The van der Waals surface area contributed by atoms with Gasteiger partial charge in [-0.2, -0.15) is 0 Å². The fourth-order valence-corrected chi connectivity index (χ4v) is 12.5. The lowest BCUT2D eigenvalue weighted by molar-refractivity contribution is 0.408. The topological polar surface area (TPSA) is 32.1 Å². The normalized spacial score (nSPS) is 16.6. The first-order valence-electron chi connectivity index (χ1n) is 22.9. The molecule has 1 atom stereocenters. The Labute approximate surface area is 384 Å². The highest BCUT2D eigenvalue weighted by atomic mass is 32.1. The van der Waals surface area contributed by atoms with Crippen molar-refractivity contribution in [2.75, 3.05) is 14.7 Å². The van der Waals surface area contributed by atoms with Crippen LogP contribution in [0.2, 0.25) is 5.82 Å². The molecule has 0 spiro atoms. The molecule has 0 bridgehead atoms. The standard InChI is InChI=1S/C58H48BN3O2S/c1-57(2,3)35-23-27-38(28-24-35)61-44-19-14-20-45-51(44)59(56-52(61)41-31-34-49-50(55(41)65-56)40-17-10-12-21-47(40)63-49)42-32-33-46-54(53(42)62(45)39-29-25-36(26-30-39)58(4,5)6)64-48-22-13-11-18-43(48)60(46)37-15-8-7-9-16-37/h7-31,33-34,42H,32H2,1-6H3. The van der Waals surface area contributed by atoms with E-state index in [1.165, 1.54) is 59.6 Å². The number of furan rings is 1. The molecule has 5 nitrogen and oxygen atoms in total. The maximum atomic E-state index is 7.32. The summed E-state index contributed by atoms with van der Waals surface area (Å²) in [7, 11) is 0. The molecule has 0 saturated heterocycles. The Morgan fingerprint density at radius 3 is 1.89 bits per heavy atom. The molecule has 7 aromatic carbocycles. The smallest absolute Gasteiger partial charge is 0.240 e. The van der Waals surface area contributed by atoms with Crippen molar-refractivity contribution in [3.8, 4) is 5.75 Å². The number of hydrogen-bond acceptors (Lipinski definition) is 6. The van der Waals surface area contributed by atoms with E-state index in [2.05, 4.69) is 220 Å². The van der Waals surface area contributed by atoms with Crippen LogP contribution >= 0.6 is 11.3 Å². The molecule has 2 aromatic heterocycles. The van der Waals surface area contributed by atoms with Gasteiger partial charge in [-0.25, -0.2) is 0 Å². The molecule has 3 aliphatic heterocycles. The Balaban J connectivity index is 1.12. The summed E-state index contributed by atoms with van der Waals surface area (Å²) in [5, 5.41) is 3.60. The third-order valence-corrected chi connectivity index (χ3v) is 15.4. The Morgan fingerprint density at radius 1 is 0.554 bits per heavy atom. The van der Waals surface area contributed by atoms with Gasteiger partial charge in [0, 0.05) is 54.1 Å². The van der Waals surface area contributed by atoms with E-state index in [4.69, 9.17) is 9.15 Å². The minimum absolute atomic E-state index is 0.0152. The zero-order valence-electron chi connectivity index (χ0n) is 37.5. The number of ether oxygens (including phenoxy) is 1. The summed E-state index contributed by atoms with van der Waals surface area (Å²) in [4.78, 5) is 7.52. The minimum Gasteiger partial charge on any atom is -0.456 e. The molecule has 0 amide bonds. The van der Waals surface area contributed by atoms with E-state index in [9.17, 15) is 0 Å². The Bertz CT molecular complexity index is 3480. The lowest BCUT2D eigenvalue weighted by Crippen LogP contribution is -2.58. The summed E-state index contributed by atoms with van der Waals surface area (Å²) in [6.45, 7) is 13.8. The number of rotatable bonds is 3. The maximum Gasteiger partial charge on any atom is 0.240 e. The van der Waals surface area contributed by atoms with Gasteiger partial charge in [-0.3, -0.25) is 0 Å². The van der Waals surface area contributed by atoms with Crippen LogP contribution in [0.5, 0.6) is 5.75 Å². The summed E-state index contributed by atoms with van der Waals surface area (Å²) in [6, 6.07) is 57.8. The predicted molar refractivity (Wildman–Crippen MR) is 274 cm³/mol. The molecule has 9 aromatic rings. The SMILES string of the molecule is CC(C)(C)c1ccc(N2C3=C4Oc5ccccc5N(c5ccccc5)C4=CCC3B3c4sc5c(ccc6oc7ccccc7c65)c4N(c4ccc(C(C)(C)C)cc4)c4cccc2c43)cc1. The Kier molecular flexibility index (Phi) is 8.16. The van der Waals surface area contributed by atoms with E-state index in [0.29, 0.717) is 0 Å². The van der Waals surface area contributed by atoms with Crippen molar-refractivity contribution in [1.29, 1.82) is 0 Å². The second kappa shape index (κ2) is 13.8. The van der Waals surface area contributed by atoms with Crippen LogP contribution in [0.15, 0.2) is 185 Å². The fraction of sp³-hybridized carbons (Fsp3) is 0.172. The number of benzene rings is 7. The average molecular weight is 862 g/mol. The summed E-state index contributed by atoms with van der Waals surface area (Å²) >= 11 is 1.95. The van der Waals surface area contributed by atoms with Crippen LogP contribution < -0.4 is 29.7 Å². The van der Waals surface area contributed by atoms with Gasteiger partial charge in [0.05, 0.1) is 22.8 Å². The van der Waals surface area contributed by atoms with Crippen LogP contribution in [0, 0.1) is 0 Å². The average Bonchev–Trinajstić information content (AvgIpc) is 3.89. The highest BCUT2D eigenvalue weighted by molar-refractivity contribution is 7.33. The number of para-hydroxylation sites is 4. The van der Waals surface area contributed by atoms with Crippen LogP contribution in [0.25, 0.3) is 32.0 Å². The van der Waals surface area contributed by atoms with E-state index in [1.54, 1.807) is 0 Å². The summed E-state index contributed by atoms with van der Waals surface area (Å²) < 4.78 is 16.5. The quantitative estimate of drug-likeness (QED) is 0.165. The first-order valence-corrected chi connectivity index (χ1v) is 23.7. The van der Waals surface area contributed by atoms with Crippen LogP contribution in [-0.2, 0) is 10.8 Å². The minimum atomic E-state index is 0.0152. The first-order chi connectivity index (χ1) is 31.5. The second-order valence-corrected chi connectivity index (χ2v) is 21.1. The molecule has 65 heavy (non-hydrogen) atoms. The van der Waals surface area contributed by atoms with Crippen molar-refractivity contribution in [3.63, 3.8) is 0 Å². The van der Waals surface area contributed by atoms with Crippen molar-refractivity contribution < 1.29 is 9.15 Å². The zero-order chi connectivity index (χ0) is 43.9. The van der Waals surface area contributed by atoms with Gasteiger partial charge < -0.3 is 23.9 Å². The number of nitrogens with zero attached hydrogens (tertiary/aromatic N) is 3. The zero-order valence-corrected chi connectivity index (χ0v) is 38.3. The van der Waals surface area contributed by atoms with Gasteiger partial charge >= 0.3 is 0 Å². The molecular formula is C58H48BN3O2S. The van der Waals surface area contributed by atoms with Crippen LogP contribution in [0.4, 0.5) is 39.8 Å². The van der Waals surface area contributed by atoms with Gasteiger partial charge in [0.1, 0.15) is 11.2 Å². The fourth-order valence-electron chi connectivity index (χ4n) is 11.0. The molecule has 0 radical (unpaired) electrons. The molecule has 0 saturated carbocycles. The van der Waals surface area contributed by atoms with Gasteiger partial charge in [0.15, 0.2) is 11.5 Å². The molecule has 316 valence electrons. The summed E-state index contributed by atoms with van der Waals surface area (Å²) in [6.07, 6.45) is 3.28. The van der Waals surface area contributed by atoms with Crippen LogP contribution in [0.1, 0.15) is 59.1 Å². The lowest BCUT2D eigenvalue weighted by atomic mass is 9.31. The number of anilines is 7. The third kappa shape index (κ3) is 5.64. The predicted octanol–water partition coefficient (Wildman–Crippen LogP) is 15.0. The molecule has 13 rings (SSSR count). The first kappa shape index (κ1) is 38.5. The van der Waals surface area contributed by atoms with Gasteiger partial charge in [-0.05, 0) is 119 Å². The molecule has 1 unspecified atom stereocenters. The molecule has 5 heterocycles. The van der Waals surface area contributed by atoms with Crippen LogP contribution in [0.3, 0.4) is 0 Å². The highest BCUT2D eigenvalue weighted by Crippen LogP contribution is 2.57. The van der Waals surface area contributed by atoms with Gasteiger partial charge in [0.2, 0.25) is 6.71 Å². The van der Waals surface area contributed by atoms with E-state index in [0.717, 1.165) is 62.9 Å². The van der Waals surface area contributed by atoms with Crippen molar-refractivity contribution >= 4 is 100 Å². The van der Waals surface area contributed by atoms with Crippen molar-refractivity contribution in [2.45, 2.75) is 64.6 Å². The molecule has 4 aliphatic rings. The number of thiophene rings is 1. The Hall–Kier alpha value is -6.96. The van der Waals surface area contributed by atoms with Gasteiger partial charge in [-0.1, -0.05) is 126 Å². The summed E-state index contributed by atoms with van der Waals surface area (Å²) in [5.74, 6) is 1.82. The van der Waals surface area contributed by atoms with E-state index < -0.39 is 0 Å². The highest BCUT2D eigenvalue weighted by Gasteiger charge is 2.52. The Morgan fingerprint density at radius 2 is 1.17 bits per heavy atom. The second-order valence-electron chi connectivity index (χ2n) is 20.1. The van der Waals surface area contributed by atoms with E-state index >= 15 is 0 Å². The maximum absolute atomic E-state index is 7.32. The van der Waals surface area contributed by atoms with Crippen molar-refractivity contribution in [2.24, 2.45) is 0 Å². The van der Waals surface area contributed by atoms with Gasteiger partial charge in [-0.15, -0.1) is 11.3 Å². The number of hydrogen-bond donors (Lipinski definition) is 0. The van der Waals surface area contributed by atoms with Crippen molar-refractivity contribution in [1.82, 2.24) is 0 Å². The lowest BCUT2D eigenvalue weighted by Gasteiger charge is -2.49. The molecular weight excluding hydrogens is 814 g/mol. The molecule has 7 heteroatoms. The molecule has 1 aliphatic carbocycles. The molecule has 0 N–H and O–H groups in total. The molecule has 0 fully saturated rings. The summed E-state index contributed by atoms with van der Waals surface area (Å²) in [5.41, 5.74) is 16.2. The third-order valence-electron chi connectivity index (χ3n) is 14.1. The van der Waals surface area contributed by atoms with E-state index in [-0.39, 0.29) is 23.4 Å².